The number of hydrogen-bond acceptors (Lipinski definition) is 4. The highest BCUT2D eigenvalue weighted by molar-refractivity contribution is 7.10. The molecule has 120 valence electrons. The zero-order chi connectivity index (χ0) is 15.8. The van der Waals surface area contributed by atoms with Gasteiger partial charge in [-0.1, -0.05) is 31.5 Å². The molecule has 0 saturated carbocycles. The lowest BCUT2D eigenvalue weighted by atomic mass is 10.1. The van der Waals surface area contributed by atoms with Gasteiger partial charge < -0.3 is 15.2 Å². The predicted octanol–water partition coefficient (Wildman–Crippen LogP) is 3.79. The van der Waals surface area contributed by atoms with Crippen LogP contribution in [0.2, 0.25) is 0 Å². The number of benzene rings is 1. The van der Waals surface area contributed by atoms with Gasteiger partial charge in [0.1, 0.15) is 18.5 Å². The van der Waals surface area contributed by atoms with Crippen molar-refractivity contribution in [2.75, 3.05) is 13.2 Å². The molecular formula is C18H25NO2S. The van der Waals surface area contributed by atoms with Crippen molar-refractivity contribution in [3.8, 4) is 5.75 Å². The molecule has 0 spiro atoms. The molecule has 1 aromatic heterocycles. The van der Waals surface area contributed by atoms with Crippen LogP contribution in [0, 0.1) is 0 Å². The fourth-order valence-corrected chi connectivity index (χ4v) is 3.00. The van der Waals surface area contributed by atoms with Crippen molar-refractivity contribution < 1.29 is 9.84 Å². The van der Waals surface area contributed by atoms with Crippen molar-refractivity contribution in [1.82, 2.24) is 5.32 Å². The average molecular weight is 319 g/mol. The van der Waals surface area contributed by atoms with Crippen LogP contribution in [-0.4, -0.2) is 24.4 Å². The van der Waals surface area contributed by atoms with Gasteiger partial charge in [0.15, 0.2) is 0 Å². The Morgan fingerprint density at radius 2 is 2.00 bits per heavy atom. The van der Waals surface area contributed by atoms with Crippen molar-refractivity contribution in [2.45, 2.75) is 38.8 Å². The van der Waals surface area contributed by atoms with E-state index in [-0.39, 0.29) is 6.04 Å². The van der Waals surface area contributed by atoms with Gasteiger partial charge in [-0.2, -0.15) is 0 Å². The molecule has 2 N–H and O–H groups in total. The Morgan fingerprint density at radius 1 is 1.23 bits per heavy atom. The number of aliphatic hydroxyl groups excluding tert-OH is 1. The zero-order valence-corrected chi connectivity index (χ0v) is 14.1. The van der Waals surface area contributed by atoms with E-state index in [1.54, 1.807) is 11.3 Å². The third-order valence-corrected chi connectivity index (χ3v) is 4.59. The molecule has 4 heteroatoms. The fraction of sp³-hybridized carbons (Fsp3) is 0.444. The van der Waals surface area contributed by atoms with Gasteiger partial charge in [0.2, 0.25) is 0 Å². The number of ether oxygens (including phenoxy) is 1. The molecular weight excluding hydrogens is 294 g/mol. The summed E-state index contributed by atoms with van der Waals surface area (Å²) < 4.78 is 5.64. The number of rotatable bonds is 9. The van der Waals surface area contributed by atoms with Crippen molar-refractivity contribution in [1.29, 1.82) is 0 Å². The van der Waals surface area contributed by atoms with Gasteiger partial charge in [0, 0.05) is 17.5 Å². The molecule has 2 aromatic rings. The Kier molecular flexibility index (Phi) is 6.90. The first-order chi connectivity index (χ1) is 10.7. The van der Waals surface area contributed by atoms with E-state index in [0.29, 0.717) is 13.2 Å². The molecule has 2 atom stereocenters. The summed E-state index contributed by atoms with van der Waals surface area (Å²) in [5, 5.41) is 15.4. The van der Waals surface area contributed by atoms with Crippen LogP contribution in [0.3, 0.4) is 0 Å². The topological polar surface area (TPSA) is 41.5 Å². The van der Waals surface area contributed by atoms with Crippen LogP contribution in [0.4, 0.5) is 0 Å². The van der Waals surface area contributed by atoms with Gasteiger partial charge in [-0.25, -0.2) is 0 Å². The summed E-state index contributed by atoms with van der Waals surface area (Å²) in [5.74, 6) is 0.810. The van der Waals surface area contributed by atoms with Crippen LogP contribution in [-0.2, 0) is 6.42 Å². The van der Waals surface area contributed by atoms with E-state index in [4.69, 9.17) is 4.74 Å². The molecule has 2 rings (SSSR count). The highest BCUT2D eigenvalue weighted by Crippen LogP contribution is 2.18. The largest absolute Gasteiger partial charge is 0.491 e. The van der Waals surface area contributed by atoms with E-state index in [2.05, 4.69) is 42.7 Å². The second kappa shape index (κ2) is 8.93. The summed E-state index contributed by atoms with van der Waals surface area (Å²) in [5.41, 5.74) is 1.32. The number of hydrogen-bond donors (Lipinski definition) is 2. The standard InChI is InChI=1S/C18H25NO2S/c1-3-5-15-7-9-17(10-8-15)21-13-16(20)12-19-14(2)18-6-4-11-22-18/h4,6-11,14,16,19-20H,3,5,12-13H2,1-2H3. The molecule has 2 unspecified atom stereocenters. The first kappa shape index (κ1) is 17.0. The summed E-state index contributed by atoms with van der Waals surface area (Å²) in [4.78, 5) is 1.28. The van der Waals surface area contributed by atoms with Crippen LogP contribution >= 0.6 is 11.3 Å². The normalized spacial score (nSPS) is 13.8. The van der Waals surface area contributed by atoms with Crippen molar-refractivity contribution in [2.24, 2.45) is 0 Å². The van der Waals surface area contributed by atoms with Crippen LogP contribution in [0.25, 0.3) is 0 Å². The minimum Gasteiger partial charge on any atom is -0.491 e. The second-order valence-electron chi connectivity index (χ2n) is 5.50. The first-order valence-corrected chi connectivity index (χ1v) is 8.73. The minimum atomic E-state index is -0.516. The molecule has 0 fully saturated rings. The summed E-state index contributed by atoms with van der Waals surface area (Å²) in [6.07, 6.45) is 1.72. The van der Waals surface area contributed by atoms with E-state index in [9.17, 15) is 5.11 Å². The third-order valence-electron chi connectivity index (χ3n) is 3.53. The monoisotopic (exact) mass is 319 g/mol. The number of aryl methyl sites for hydroxylation is 1. The summed E-state index contributed by atoms with van der Waals surface area (Å²) in [7, 11) is 0. The number of nitrogens with one attached hydrogen (secondary N) is 1. The van der Waals surface area contributed by atoms with Crippen molar-refractivity contribution in [3.63, 3.8) is 0 Å². The fourth-order valence-electron chi connectivity index (χ4n) is 2.24. The molecule has 3 nitrogen and oxygen atoms in total. The van der Waals surface area contributed by atoms with E-state index in [1.807, 2.05) is 18.2 Å². The molecule has 0 aliphatic heterocycles. The van der Waals surface area contributed by atoms with E-state index >= 15 is 0 Å². The Hall–Kier alpha value is -1.36. The molecule has 22 heavy (non-hydrogen) atoms. The molecule has 0 aliphatic rings. The lowest BCUT2D eigenvalue weighted by Crippen LogP contribution is -2.32. The molecule has 0 aliphatic carbocycles. The lowest BCUT2D eigenvalue weighted by Gasteiger charge is -2.17. The SMILES string of the molecule is CCCc1ccc(OCC(O)CNC(C)c2cccs2)cc1. The van der Waals surface area contributed by atoms with Gasteiger partial charge in [0.05, 0.1) is 0 Å². The van der Waals surface area contributed by atoms with Crippen molar-refractivity contribution in [3.05, 3.63) is 52.2 Å². The molecule has 0 amide bonds. The number of thiophene rings is 1. The van der Waals surface area contributed by atoms with E-state index < -0.39 is 6.10 Å². The molecule has 0 radical (unpaired) electrons. The molecule has 1 aromatic carbocycles. The second-order valence-corrected chi connectivity index (χ2v) is 6.48. The molecule has 0 bridgehead atoms. The Balaban J connectivity index is 1.69. The van der Waals surface area contributed by atoms with Gasteiger partial charge in [-0.15, -0.1) is 11.3 Å². The van der Waals surface area contributed by atoms with E-state index in [1.165, 1.54) is 10.4 Å². The van der Waals surface area contributed by atoms with E-state index in [0.717, 1.165) is 18.6 Å². The smallest absolute Gasteiger partial charge is 0.119 e. The van der Waals surface area contributed by atoms with Crippen LogP contribution in [0.5, 0.6) is 5.75 Å². The summed E-state index contributed by atoms with van der Waals surface area (Å²) in [6.45, 7) is 5.10. The molecule has 1 heterocycles. The Labute approximate surface area is 137 Å². The Bertz CT molecular complexity index is 525. The maximum Gasteiger partial charge on any atom is 0.119 e. The average Bonchev–Trinajstić information content (AvgIpc) is 3.07. The minimum absolute atomic E-state index is 0.253. The zero-order valence-electron chi connectivity index (χ0n) is 13.3. The van der Waals surface area contributed by atoms with Crippen LogP contribution in [0.1, 0.15) is 36.8 Å². The van der Waals surface area contributed by atoms with Crippen molar-refractivity contribution >= 4 is 11.3 Å². The van der Waals surface area contributed by atoms with Crippen LogP contribution in [0.15, 0.2) is 41.8 Å². The van der Waals surface area contributed by atoms with Gasteiger partial charge >= 0.3 is 0 Å². The van der Waals surface area contributed by atoms with Crippen LogP contribution < -0.4 is 10.1 Å². The van der Waals surface area contributed by atoms with Gasteiger partial charge in [0.25, 0.3) is 0 Å². The molecule has 0 saturated heterocycles. The Morgan fingerprint density at radius 3 is 2.64 bits per heavy atom. The first-order valence-electron chi connectivity index (χ1n) is 7.85. The summed E-state index contributed by atoms with van der Waals surface area (Å²) in [6, 6.07) is 12.5. The maximum atomic E-state index is 10.0. The highest BCUT2D eigenvalue weighted by Gasteiger charge is 2.10. The maximum absolute atomic E-state index is 10.0. The lowest BCUT2D eigenvalue weighted by molar-refractivity contribution is 0.104. The summed E-state index contributed by atoms with van der Waals surface area (Å²) >= 11 is 1.72. The quantitative estimate of drug-likeness (QED) is 0.739. The number of aliphatic hydroxyl groups is 1. The third kappa shape index (κ3) is 5.44. The van der Waals surface area contributed by atoms with Gasteiger partial charge in [-0.3, -0.25) is 0 Å². The van der Waals surface area contributed by atoms with Gasteiger partial charge in [-0.05, 0) is 42.5 Å². The highest BCUT2D eigenvalue weighted by atomic mass is 32.1. The predicted molar refractivity (Wildman–Crippen MR) is 92.7 cm³/mol.